The molecule has 0 saturated carbocycles. The van der Waals surface area contributed by atoms with Gasteiger partial charge in [-0.15, -0.1) is 0 Å². The second-order valence-corrected chi connectivity index (χ2v) is 5.66. The van der Waals surface area contributed by atoms with E-state index in [0.29, 0.717) is 22.6 Å². The van der Waals surface area contributed by atoms with Crippen LogP contribution in [0.15, 0.2) is 36.4 Å². The Morgan fingerprint density at radius 3 is 2.42 bits per heavy atom. The Bertz CT molecular complexity index is 727. The lowest BCUT2D eigenvalue weighted by molar-refractivity contribution is 0.0915. The number of rotatable bonds is 6. The van der Waals surface area contributed by atoms with Gasteiger partial charge in [-0.25, -0.2) is 0 Å². The Morgan fingerprint density at radius 2 is 1.79 bits per heavy atom. The number of hydrogen-bond acceptors (Lipinski definition) is 4. The van der Waals surface area contributed by atoms with Gasteiger partial charge in [-0.1, -0.05) is 23.8 Å². The lowest BCUT2D eigenvalue weighted by Crippen LogP contribution is -2.29. The molecule has 1 unspecified atom stereocenters. The molecule has 2 N–H and O–H groups in total. The van der Waals surface area contributed by atoms with Crippen molar-refractivity contribution < 1.29 is 19.4 Å². The van der Waals surface area contributed by atoms with Crippen LogP contribution in [0.3, 0.4) is 0 Å². The highest BCUT2D eigenvalue weighted by atomic mass is 16.5. The van der Waals surface area contributed by atoms with Gasteiger partial charge in [-0.3, -0.25) is 4.79 Å². The Balaban J connectivity index is 2.04. The topological polar surface area (TPSA) is 67.8 Å². The Kier molecular flexibility index (Phi) is 5.82. The molecule has 0 saturated heterocycles. The second kappa shape index (κ2) is 7.84. The smallest absolute Gasteiger partial charge is 0.251 e. The maximum Gasteiger partial charge on any atom is 0.251 e. The minimum absolute atomic E-state index is 0.113. The molecule has 24 heavy (non-hydrogen) atoms. The van der Waals surface area contributed by atoms with E-state index in [9.17, 15) is 9.90 Å². The summed E-state index contributed by atoms with van der Waals surface area (Å²) in [5, 5.41) is 13.1. The molecule has 0 radical (unpaired) electrons. The number of hydrogen-bond donors (Lipinski definition) is 2. The first-order valence-corrected chi connectivity index (χ1v) is 7.71. The van der Waals surface area contributed by atoms with Crippen LogP contribution in [0.1, 0.15) is 33.2 Å². The van der Waals surface area contributed by atoms with Crippen LogP contribution >= 0.6 is 0 Å². The highest BCUT2D eigenvalue weighted by Gasteiger charge is 2.14. The van der Waals surface area contributed by atoms with E-state index in [0.717, 1.165) is 11.1 Å². The molecule has 0 aliphatic rings. The molecule has 2 aromatic carbocycles. The predicted molar refractivity (Wildman–Crippen MR) is 92.8 cm³/mol. The van der Waals surface area contributed by atoms with Gasteiger partial charge in [-0.2, -0.15) is 0 Å². The summed E-state index contributed by atoms with van der Waals surface area (Å²) in [6.45, 7) is 3.99. The molecule has 0 aliphatic heterocycles. The van der Waals surface area contributed by atoms with Crippen LogP contribution in [-0.4, -0.2) is 31.8 Å². The van der Waals surface area contributed by atoms with Gasteiger partial charge in [0.25, 0.3) is 5.91 Å². The van der Waals surface area contributed by atoms with Gasteiger partial charge < -0.3 is 19.9 Å². The quantitative estimate of drug-likeness (QED) is 0.855. The summed E-state index contributed by atoms with van der Waals surface area (Å²) >= 11 is 0. The van der Waals surface area contributed by atoms with Gasteiger partial charge in [-0.05, 0) is 43.2 Å². The van der Waals surface area contributed by atoms with Crippen LogP contribution in [0.2, 0.25) is 0 Å². The molecule has 1 amide bonds. The SMILES string of the molecule is COc1ccc(C(O)CNC(=O)c2ccc(C)cc2C)cc1OC. The number of ether oxygens (including phenoxy) is 2. The third-order valence-corrected chi connectivity index (χ3v) is 3.87. The summed E-state index contributed by atoms with van der Waals surface area (Å²) in [5.74, 6) is 0.926. The van der Waals surface area contributed by atoms with Crippen molar-refractivity contribution in [3.05, 3.63) is 58.7 Å². The Morgan fingerprint density at radius 1 is 1.08 bits per heavy atom. The summed E-state index contributed by atoms with van der Waals surface area (Å²) in [4.78, 5) is 12.3. The molecule has 5 heteroatoms. The van der Waals surface area contributed by atoms with Gasteiger partial charge in [0.15, 0.2) is 11.5 Å². The zero-order chi connectivity index (χ0) is 17.7. The average Bonchev–Trinajstić information content (AvgIpc) is 2.58. The molecule has 0 heterocycles. The van der Waals surface area contributed by atoms with E-state index in [1.807, 2.05) is 26.0 Å². The first kappa shape index (κ1) is 17.8. The second-order valence-electron chi connectivity index (χ2n) is 5.66. The third-order valence-electron chi connectivity index (χ3n) is 3.87. The summed E-state index contributed by atoms with van der Waals surface area (Å²) in [7, 11) is 3.09. The number of amides is 1. The number of aliphatic hydroxyl groups is 1. The Hall–Kier alpha value is -2.53. The predicted octanol–water partition coefficient (Wildman–Crippen LogP) is 2.78. The van der Waals surface area contributed by atoms with E-state index in [1.165, 1.54) is 7.11 Å². The fraction of sp³-hybridized carbons (Fsp3) is 0.316. The molecule has 128 valence electrons. The van der Waals surface area contributed by atoms with Crippen LogP contribution in [0.25, 0.3) is 0 Å². The van der Waals surface area contributed by atoms with Crippen LogP contribution in [0.5, 0.6) is 11.5 Å². The number of aryl methyl sites for hydroxylation is 2. The molecule has 5 nitrogen and oxygen atoms in total. The van der Waals surface area contributed by atoms with E-state index < -0.39 is 6.10 Å². The molecule has 1 atom stereocenters. The number of carbonyl (C=O) groups excluding carboxylic acids is 1. The first-order chi connectivity index (χ1) is 11.5. The van der Waals surface area contributed by atoms with Gasteiger partial charge in [0.1, 0.15) is 0 Å². The summed E-state index contributed by atoms with van der Waals surface area (Å²) in [5.41, 5.74) is 3.27. The van der Waals surface area contributed by atoms with Gasteiger partial charge in [0.2, 0.25) is 0 Å². The Labute approximate surface area is 142 Å². The van der Waals surface area contributed by atoms with Crippen molar-refractivity contribution >= 4 is 5.91 Å². The molecular weight excluding hydrogens is 306 g/mol. The van der Waals surface area contributed by atoms with Crippen LogP contribution in [0, 0.1) is 13.8 Å². The molecular formula is C19H23NO4. The monoisotopic (exact) mass is 329 g/mol. The molecule has 0 bridgehead atoms. The number of nitrogens with one attached hydrogen (secondary N) is 1. The molecule has 0 aromatic heterocycles. The maximum absolute atomic E-state index is 12.3. The highest BCUT2D eigenvalue weighted by molar-refractivity contribution is 5.95. The van der Waals surface area contributed by atoms with Gasteiger partial charge >= 0.3 is 0 Å². The summed E-state index contributed by atoms with van der Waals surface area (Å²) in [6.07, 6.45) is -0.834. The van der Waals surface area contributed by atoms with Crippen molar-refractivity contribution in [3.8, 4) is 11.5 Å². The summed E-state index contributed by atoms with van der Waals surface area (Å²) < 4.78 is 10.4. The first-order valence-electron chi connectivity index (χ1n) is 7.71. The number of methoxy groups -OCH3 is 2. The van der Waals surface area contributed by atoms with E-state index >= 15 is 0 Å². The largest absolute Gasteiger partial charge is 0.493 e. The third kappa shape index (κ3) is 4.06. The molecule has 0 spiro atoms. The fourth-order valence-corrected chi connectivity index (χ4v) is 2.53. The van der Waals surface area contributed by atoms with Crippen molar-refractivity contribution in [1.82, 2.24) is 5.32 Å². The molecule has 2 aromatic rings. The van der Waals surface area contributed by atoms with Crippen LogP contribution < -0.4 is 14.8 Å². The standard InChI is InChI=1S/C19H23NO4/c1-12-5-7-15(13(2)9-12)19(22)20-11-16(21)14-6-8-17(23-3)18(10-14)24-4/h5-10,16,21H,11H2,1-4H3,(H,20,22). The maximum atomic E-state index is 12.3. The minimum atomic E-state index is -0.834. The molecule has 0 aliphatic carbocycles. The van der Waals surface area contributed by atoms with Crippen molar-refractivity contribution in [1.29, 1.82) is 0 Å². The molecule has 2 rings (SSSR count). The number of benzene rings is 2. The van der Waals surface area contributed by atoms with Crippen LogP contribution in [0.4, 0.5) is 0 Å². The lowest BCUT2D eigenvalue weighted by Gasteiger charge is -2.15. The van der Waals surface area contributed by atoms with Crippen molar-refractivity contribution in [2.24, 2.45) is 0 Å². The van der Waals surface area contributed by atoms with E-state index in [4.69, 9.17) is 9.47 Å². The average molecular weight is 329 g/mol. The van der Waals surface area contributed by atoms with E-state index in [2.05, 4.69) is 5.32 Å². The zero-order valence-electron chi connectivity index (χ0n) is 14.4. The number of aliphatic hydroxyl groups excluding tert-OH is 1. The highest BCUT2D eigenvalue weighted by Crippen LogP contribution is 2.29. The van der Waals surface area contributed by atoms with Gasteiger partial charge in [0, 0.05) is 12.1 Å². The zero-order valence-corrected chi connectivity index (χ0v) is 14.4. The van der Waals surface area contributed by atoms with Crippen molar-refractivity contribution in [2.45, 2.75) is 20.0 Å². The normalized spacial score (nSPS) is 11.7. The fourth-order valence-electron chi connectivity index (χ4n) is 2.53. The molecule has 0 fully saturated rings. The van der Waals surface area contributed by atoms with Crippen molar-refractivity contribution in [3.63, 3.8) is 0 Å². The van der Waals surface area contributed by atoms with E-state index in [1.54, 1.807) is 31.4 Å². The lowest BCUT2D eigenvalue weighted by atomic mass is 10.0. The minimum Gasteiger partial charge on any atom is -0.493 e. The van der Waals surface area contributed by atoms with Gasteiger partial charge in [0.05, 0.1) is 20.3 Å². The van der Waals surface area contributed by atoms with Crippen molar-refractivity contribution in [2.75, 3.05) is 20.8 Å². The van der Waals surface area contributed by atoms with E-state index in [-0.39, 0.29) is 12.5 Å². The summed E-state index contributed by atoms with van der Waals surface area (Å²) in [6, 6.07) is 10.8. The number of carbonyl (C=O) groups is 1. The van der Waals surface area contributed by atoms with Crippen LogP contribution in [-0.2, 0) is 0 Å².